The van der Waals surface area contributed by atoms with Crippen molar-refractivity contribution in [2.75, 3.05) is 6.54 Å². The Bertz CT molecular complexity index is 446. The van der Waals surface area contributed by atoms with E-state index in [4.69, 9.17) is 5.73 Å². The van der Waals surface area contributed by atoms with Gasteiger partial charge in [-0.2, -0.15) is 0 Å². The van der Waals surface area contributed by atoms with Crippen LogP contribution in [-0.2, 0) is 11.2 Å². The molecule has 1 saturated carbocycles. The van der Waals surface area contributed by atoms with E-state index in [1.165, 1.54) is 5.56 Å². The molecule has 22 heavy (non-hydrogen) atoms. The van der Waals surface area contributed by atoms with Crippen molar-refractivity contribution >= 4 is 18.3 Å². The highest BCUT2D eigenvalue weighted by atomic mass is 35.5. The number of nitrogens with two attached hydrogens (primary N) is 1. The van der Waals surface area contributed by atoms with Gasteiger partial charge in [-0.1, -0.05) is 56.5 Å². The Morgan fingerprint density at radius 2 is 2.00 bits per heavy atom. The summed E-state index contributed by atoms with van der Waals surface area (Å²) in [5, 5.41) is 3.20. The second-order valence-electron chi connectivity index (χ2n) is 6.34. The number of hydrogen-bond acceptors (Lipinski definition) is 2. The summed E-state index contributed by atoms with van der Waals surface area (Å²) in [4.78, 5) is 12.7. The predicted molar refractivity (Wildman–Crippen MR) is 94.2 cm³/mol. The summed E-state index contributed by atoms with van der Waals surface area (Å²) in [6, 6.07) is 10.5. The van der Waals surface area contributed by atoms with Crippen molar-refractivity contribution < 1.29 is 4.79 Å². The number of carbonyl (C=O) groups is 1. The van der Waals surface area contributed by atoms with Crippen LogP contribution in [0.2, 0.25) is 0 Å². The molecule has 3 N–H and O–H groups in total. The molecule has 0 bridgehead atoms. The van der Waals surface area contributed by atoms with Crippen LogP contribution >= 0.6 is 12.4 Å². The van der Waals surface area contributed by atoms with Gasteiger partial charge < -0.3 is 11.1 Å². The van der Waals surface area contributed by atoms with Crippen LogP contribution in [-0.4, -0.2) is 18.5 Å². The molecule has 2 rings (SSSR count). The first-order chi connectivity index (χ1) is 10.2. The van der Waals surface area contributed by atoms with Crippen molar-refractivity contribution in [3.05, 3.63) is 35.9 Å². The molecular formula is C18H29ClN2O. The number of amides is 1. The van der Waals surface area contributed by atoms with Gasteiger partial charge in [0.05, 0.1) is 5.41 Å². The highest BCUT2D eigenvalue weighted by Gasteiger charge is 2.44. The quantitative estimate of drug-likeness (QED) is 0.769. The van der Waals surface area contributed by atoms with Gasteiger partial charge in [0.1, 0.15) is 0 Å². The van der Waals surface area contributed by atoms with Gasteiger partial charge in [0, 0.05) is 12.6 Å². The van der Waals surface area contributed by atoms with Crippen molar-refractivity contribution in [2.24, 2.45) is 11.1 Å². The van der Waals surface area contributed by atoms with Crippen LogP contribution in [0.4, 0.5) is 0 Å². The van der Waals surface area contributed by atoms with Crippen molar-refractivity contribution in [1.82, 2.24) is 5.32 Å². The molecule has 124 valence electrons. The molecule has 1 amide bonds. The topological polar surface area (TPSA) is 55.1 Å². The maximum Gasteiger partial charge on any atom is 0.226 e. The first-order valence-corrected chi connectivity index (χ1v) is 8.25. The second kappa shape index (κ2) is 9.16. The van der Waals surface area contributed by atoms with Crippen LogP contribution in [0.3, 0.4) is 0 Å². The Labute approximate surface area is 140 Å². The lowest BCUT2D eigenvalue weighted by Gasteiger charge is -2.41. The third-order valence-electron chi connectivity index (χ3n) is 4.70. The first kappa shape index (κ1) is 19.0. The van der Waals surface area contributed by atoms with Crippen molar-refractivity contribution in [1.29, 1.82) is 0 Å². The zero-order valence-corrected chi connectivity index (χ0v) is 14.3. The number of benzene rings is 1. The van der Waals surface area contributed by atoms with E-state index in [1.807, 2.05) is 18.2 Å². The molecule has 3 nitrogen and oxygen atoms in total. The Balaban J connectivity index is 0.00000242. The fourth-order valence-electron chi connectivity index (χ4n) is 3.11. The Morgan fingerprint density at radius 1 is 1.32 bits per heavy atom. The van der Waals surface area contributed by atoms with E-state index < -0.39 is 0 Å². The number of carbonyl (C=O) groups excluding carboxylic acids is 1. The SMILES string of the molecule is CCCCC(CN)NC(=O)C1(Cc2ccccc2)CCC1.Cl. The van der Waals surface area contributed by atoms with Crippen LogP contribution in [0.1, 0.15) is 51.0 Å². The molecule has 1 aromatic carbocycles. The summed E-state index contributed by atoms with van der Waals surface area (Å²) in [6.07, 6.45) is 7.25. The van der Waals surface area contributed by atoms with Gasteiger partial charge in [-0.05, 0) is 31.2 Å². The zero-order chi connectivity index (χ0) is 15.1. The molecule has 0 heterocycles. The normalized spacial score (nSPS) is 17.0. The lowest BCUT2D eigenvalue weighted by Crippen LogP contribution is -2.52. The van der Waals surface area contributed by atoms with E-state index in [1.54, 1.807) is 0 Å². The third-order valence-corrected chi connectivity index (χ3v) is 4.70. The van der Waals surface area contributed by atoms with Gasteiger partial charge in [0.2, 0.25) is 5.91 Å². The van der Waals surface area contributed by atoms with Crippen molar-refractivity contribution in [3.8, 4) is 0 Å². The molecule has 1 aromatic rings. The average Bonchev–Trinajstić information content (AvgIpc) is 2.48. The van der Waals surface area contributed by atoms with E-state index in [0.29, 0.717) is 6.54 Å². The first-order valence-electron chi connectivity index (χ1n) is 8.25. The van der Waals surface area contributed by atoms with Gasteiger partial charge in [0.25, 0.3) is 0 Å². The van der Waals surface area contributed by atoms with Crippen LogP contribution in [0.15, 0.2) is 30.3 Å². The van der Waals surface area contributed by atoms with E-state index in [2.05, 4.69) is 24.4 Å². The maximum atomic E-state index is 12.7. The van der Waals surface area contributed by atoms with Gasteiger partial charge in [0.15, 0.2) is 0 Å². The van der Waals surface area contributed by atoms with E-state index in [-0.39, 0.29) is 29.8 Å². The molecule has 1 fully saturated rings. The zero-order valence-electron chi connectivity index (χ0n) is 13.5. The number of nitrogens with one attached hydrogen (secondary N) is 1. The molecule has 0 aromatic heterocycles. The van der Waals surface area contributed by atoms with Crippen LogP contribution in [0.5, 0.6) is 0 Å². The van der Waals surface area contributed by atoms with E-state index in [9.17, 15) is 4.79 Å². The van der Waals surface area contributed by atoms with Crippen LogP contribution in [0.25, 0.3) is 0 Å². The second-order valence-corrected chi connectivity index (χ2v) is 6.34. The van der Waals surface area contributed by atoms with E-state index >= 15 is 0 Å². The molecular weight excluding hydrogens is 296 g/mol. The molecule has 1 unspecified atom stereocenters. The minimum absolute atomic E-state index is 0. The molecule has 0 aliphatic heterocycles. The third kappa shape index (κ3) is 4.72. The van der Waals surface area contributed by atoms with Gasteiger partial charge in [-0.3, -0.25) is 4.79 Å². The number of hydrogen-bond donors (Lipinski definition) is 2. The number of unbranched alkanes of at least 4 members (excludes halogenated alkanes) is 1. The molecule has 1 atom stereocenters. The Morgan fingerprint density at radius 3 is 2.50 bits per heavy atom. The minimum Gasteiger partial charge on any atom is -0.352 e. The van der Waals surface area contributed by atoms with Gasteiger partial charge in [-0.15, -0.1) is 12.4 Å². The highest BCUT2D eigenvalue weighted by Crippen LogP contribution is 2.44. The molecule has 1 aliphatic carbocycles. The fourth-order valence-corrected chi connectivity index (χ4v) is 3.11. The fraction of sp³-hybridized carbons (Fsp3) is 0.611. The Hall–Kier alpha value is -1.06. The molecule has 1 aliphatic rings. The molecule has 4 heteroatoms. The summed E-state index contributed by atoms with van der Waals surface area (Å²) in [5.74, 6) is 0.212. The van der Waals surface area contributed by atoms with E-state index in [0.717, 1.165) is 44.9 Å². The molecule has 0 spiro atoms. The predicted octanol–water partition coefficient (Wildman–Crippen LogP) is 3.45. The Kier molecular flexibility index (Phi) is 7.91. The molecule has 0 saturated heterocycles. The van der Waals surface area contributed by atoms with Crippen LogP contribution < -0.4 is 11.1 Å². The summed E-state index contributed by atoms with van der Waals surface area (Å²) in [5.41, 5.74) is 6.86. The summed E-state index contributed by atoms with van der Waals surface area (Å²) in [7, 11) is 0. The average molecular weight is 325 g/mol. The molecule has 0 radical (unpaired) electrons. The van der Waals surface area contributed by atoms with Crippen molar-refractivity contribution in [2.45, 2.75) is 57.9 Å². The van der Waals surface area contributed by atoms with Gasteiger partial charge in [-0.25, -0.2) is 0 Å². The minimum atomic E-state index is -0.193. The maximum absolute atomic E-state index is 12.7. The number of rotatable bonds is 8. The lowest BCUT2D eigenvalue weighted by atomic mass is 9.64. The lowest BCUT2D eigenvalue weighted by molar-refractivity contribution is -0.136. The smallest absolute Gasteiger partial charge is 0.226 e. The number of halogens is 1. The largest absolute Gasteiger partial charge is 0.352 e. The standard InChI is InChI=1S/C18H28N2O.ClH/c1-2-3-10-16(14-19)20-17(21)18(11-7-12-18)13-15-8-5-4-6-9-15;/h4-6,8-9,16H,2-3,7,10-14,19H2,1H3,(H,20,21);1H. The summed E-state index contributed by atoms with van der Waals surface area (Å²) >= 11 is 0. The highest BCUT2D eigenvalue weighted by molar-refractivity contribution is 5.85. The monoisotopic (exact) mass is 324 g/mol. The van der Waals surface area contributed by atoms with Gasteiger partial charge >= 0.3 is 0 Å². The van der Waals surface area contributed by atoms with Crippen LogP contribution in [0, 0.1) is 5.41 Å². The summed E-state index contributed by atoms with van der Waals surface area (Å²) < 4.78 is 0. The summed E-state index contributed by atoms with van der Waals surface area (Å²) in [6.45, 7) is 2.70. The van der Waals surface area contributed by atoms with Crippen molar-refractivity contribution in [3.63, 3.8) is 0 Å².